The molecule has 0 spiro atoms. The van der Waals surface area contributed by atoms with Gasteiger partial charge >= 0.3 is 5.97 Å². The number of nitrogens with zero attached hydrogens (tertiary/aromatic N) is 2. The Morgan fingerprint density at radius 2 is 1.80 bits per heavy atom. The minimum absolute atomic E-state index is 0.0559. The van der Waals surface area contributed by atoms with Crippen LogP contribution in [0.5, 0.6) is 11.5 Å². The highest BCUT2D eigenvalue weighted by atomic mass is 35.5. The van der Waals surface area contributed by atoms with Crippen LogP contribution in [0.25, 0.3) is 0 Å². The van der Waals surface area contributed by atoms with E-state index in [9.17, 15) is 9.59 Å². The van der Waals surface area contributed by atoms with Gasteiger partial charge in [0, 0.05) is 23.9 Å². The summed E-state index contributed by atoms with van der Waals surface area (Å²) in [7, 11) is 3.11. The van der Waals surface area contributed by atoms with E-state index in [2.05, 4.69) is 4.98 Å². The first kappa shape index (κ1) is 24.5. The fraction of sp³-hybridized carbons (Fsp3) is 0.296. The molecule has 7 nitrogen and oxygen atoms in total. The molecule has 0 aliphatic carbocycles. The van der Waals surface area contributed by atoms with Gasteiger partial charge in [0.2, 0.25) is 5.91 Å². The Hall–Kier alpha value is -3.58. The van der Waals surface area contributed by atoms with Crippen LogP contribution in [0.2, 0.25) is 5.15 Å². The molecule has 2 atom stereocenters. The van der Waals surface area contributed by atoms with Crippen molar-refractivity contribution in [2.45, 2.75) is 32.4 Å². The number of piperidine rings is 1. The van der Waals surface area contributed by atoms with Gasteiger partial charge in [-0.25, -0.2) is 4.98 Å². The second-order valence-corrected chi connectivity index (χ2v) is 8.79. The van der Waals surface area contributed by atoms with Gasteiger partial charge in [0.25, 0.3) is 0 Å². The standard InChI is InChI=1S/C27H27ClN2O5/c1-17-4-8-20(9-5-17)30-25(31)13-10-21(27(32)35-16-18-6-12-24(28)29-15-18)26(30)19-7-11-22(33-2)23(14-19)34-3/h4-9,11-12,14-15,21,26H,10,13,16H2,1-3H3. The molecular formula is C27H27ClN2O5. The fourth-order valence-corrected chi connectivity index (χ4v) is 4.43. The van der Waals surface area contributed by atoms with Crippen LogP contribution in [0, 0.1) is 12.8 Å². The van der Waals surface area contributed by atoms with E-state index in [1.54, 1.807) is 43.5 Å². The van der Waals surface area contributed by atoms with Crippen LogP contribution in [0.1, 0.15) is 35.6 Å². The van der Waals surface area contributed by atoms with Crippen molar-refractivity contribution < 1.29 is 23.8 Å². The summed E-state index contributed by atoms with van der Waals surface area (Å²) in [6.45, 7) is 2.05. The second kappa shape index (κ2) is 10.8. The number of benzene rings is 2. The lowest BCUT2D eigenvalue weighted by Gasteiger charge is -2.40. The minimum Gasteiger partial charge on any atom is -0.493 e. The first-order valence-electron chi connectivity index (χ1n) is 11.3. The summed E-state index contributed by atoms with van der Waals surface area (Å²) in [6.07, 6.45) is 2.18. The molecule has 8 heteroatoms. The molecule has 3 aromatic rings. The van der Waals surface area contributed by atoms with E-state index >= 15 is 0 Å². The summed E-state index contributed by atoms with van der Waals surface area (Å²) in [5.74, 6) is 0.0668. The molecule has 1 fully saturated rings. The summed E-state index contributed by atoms with van der Waals surface area (Å²) in [5.41, 5.74) is 3.28. The minimum atomic E-state index is -0.577. The third kappa shape index (κ3) is 5.41. The summed E-state index contributed by atoms with van der Waals surface area (Å²) in [6, 6.07) is 16.0. The van der Waals surface area contributed by atoms with Crippen LogP contribution in [-0.2, 0) is 20.9 Å². The van der Waals surface area contributed by atoms with Crippen LogP contribution in [-0.4, -0.2) is 31.1 Å². The third-order valence-electron chi connectivity index (χ3n) is 6.13. The summed E-state index contributed by atoms with van der Waals surface area (Å²) in [4.78, 5) is 32.3. The lowest BCUT2D eigenvalue weighted by molar-refractivity contribution is -0.152. The van der Waals surface area contributed by atoms with Crippen molar-refractivity contribution in [2.75, 3.05) is 19.1 Å². The van der Waals surface area contributed by atoms with E-state index in [4.69, 9.17) is 25.8 Å². The summed E-state index contributed by atoms with van der Waals surface area (Å²) in [5, 5.41) is 0.369. The second-order valence-electron chi connectivity index (χ2n) is 8.40. The predicted octanol–water partition coefficient (Wildman–Crippen LogP) is 5.29. The number of hydrogen-bond acceptors (Lipinski definition) is 6. The lowest BCUT2D eigenvalue weighted by atomic mass is 9.83. The molecule has 2 aromatic carbocycles. The Bertz CT molecular complexity index is 1200. The summed E-state index contributed by atoms with van der Waals surface area (Å²) >= 11 is 5.85. The number of halogens is 1. The number of anilines is 1. The monoisotopic (exact) mass is 494 g/mol. The maximum atomic E-state index is 13.4. The zero-order valence-corrected chi connectivity index (χ0v) is 20.6. The number of aryl methyl sites for hydroxylation is 1. The molecule has 1 saturated heterocycles. The van der Waals surface area contributed by atoms with Crippen LogP contribution >= 0.6 is 11.6 Å². The summed E-state index contributed by atoms with van der Waals surface area (Å²) < 4.78 is 16.6. The largest absolute Gasteiger partial charge is 0.493 e. The number of amides is 1. The molecule has 0 N–H and O–H groups in total. The Kier molecular flexibility index (Phi) is 7.56. The maximum absolute atomic E-state index is 13.4. The van der Waals surface area contributed by atoms with Gasteiger partial charge in [-0.05, 0) is 49.2 Å². The van der Waals surface area contributed by atoms with Crippen molar-refractivity contribution in [3.63, 3.8) is 0 Å². The quantitative estimate of drug-likeness (QED) is 0.328. The van der Waals surface area contributed by atoms with Crippen LogP contribution < -0.4 is 14.4 Å². The number of pyridine rings is 1. The number of ether oxygens (including phenoxy) is 3. The highest BCUT2D eigenvalue weighted by Crippen LogP contribution is 2.43. The molecule has 4 rings (SSSR count). The number of esters is 1. The zero-order chi connectivity index (χ0) is 24.9. The molecule has 0 bridgehead atoms. The molecule has 35 heavy (non-hydrogen) atoms. The third-order valence-corrected chi connectivity index (χ3v) is 6.35. The van der Waals surface area contributed by atoms with Crippen LogP contribution in [0.4, 0.5) is 5.69 Å². The molecule has 1 aliphatic heterocycles. The van der Waals surface area contributed by atoms with Crippen LogP contribution in [0.15, 0.2) is 60.8 Å². The fourth-order valence-electron chi connectivity index (χ4n) is 4.32. The van der Waals surface area contributed by atoms with Crippen molar-refractivity contribution in [1.29, 1.82) is 0 Å². The number of hydrogen-bond donors (Lipinski definition) is 0. The average Bonchev–Trinajstić information content (AvgIpc) is 2.88. The van der Waals surface area contributed by atoms with Gasteiger partial charge in [-0.15, -0.1) is 0 Å². The SMILES string of the molecule is COc1ccc(C2C(C(=O)OCc3ccc(Cl)nc3)CCC(=O)N2c2ccc(C)cc2)cc1OC. The molecule has 2 unspecified atom stereocenters. The van der Waals surface area contributed by atoms with Gasteiger partial charge in [-0.3, -0.25) is 9.59 Å². The smallest absolute Gasteiger partial charge is 0.311 e. The van der Waals surface area contributed by atoms with Crippen molar-refractivity contribution in [3.05, 3.63) is 82.6 Å². The lowest BCUT2D eigenvalue weighted by Crippen LogP contribution is -2.46. The van der Waals surface area contributed by atoms with E-state index in [1.165, 1.54) is 0 Å². The van der Waals surface area contributed by atoms with E-state index in [1.807, 2.05) is 43.3 Å². The highest BCUT2D eigenvalue weighted by Gasteiger charge is 2.42. The molecule has 0 saturated carbocycles. The molecule has 182 valence electrons. The molecule has 1 aromatic heterocycles. The number of aromatic nitrogens is 1. The van der Waals surface area contributed by atoms with Gasteiger partial charge in [0.05, 0.1) is 26.2 Å². The topological polar surface area (TPSA) is 78.0 Å². The Morgan fingerprint density at radius 3 is 2.46 bits per heavy atom. The van der Waals surface area contributed by atoms with E-state index in [0.717, 1.165) is 22.4 Å². The Labute approximate surface area is 209 Å². The number of carbonyl (C=O) groups is 2. The zero-order valence-electron chi connectivity index (χ0n) is 19.9. The van der Waals surface area contributed by atoms with E-state index in [-0.39, 0.29) is 24.9 Å². The normalized spacial score (nSPS) is 17.7. The molecular weight excluding hydrogens is 468 g/mol. The number of methoxy groups -OCH3 is 2. The van der Waals surface area contributed by atoms with E-state index < -0.39 is 12.0 Å². The van der Waals surface area contributed by atoms with Crippen molar-refractivity contribution in [3.8, 4) is 11.5 Å². The molecule has 1 aliphatic rings. The Balaban J connectivity index is 1.70. The molecule has 2 heterocycles. The van der Waals surface area contributed by atoms with Crippen LogP contribution in [0.3, 0.4) is 0 Å². The maximum Gasteiger partial charge on any atom is 0.311 e. The predicted molar refractivity (Wildman–Crippen MR) is 133 cm³/mol. The van der Waals surface area contributed by atoms with Gasteiger partial charge in [0.1, 0.15) is 11.8 Å². The highest BCUT2D eigenvalue weighted by molar-refractivity contribution is 6.29. The molecule has 1 amide bonds. The van der Waals surface area contributed by atoms with Crippen molar-refractivity contribution in [1.82, 2.24) is 4.98 Å². The van der Waals surface area contributed by atoms with Crippen molar-refractivity contribution in [2.24, 2.45) is 5.92 Å². The average molecular weight is 495 g/mol. The van der Waals surface area contributed by atoms with Crippen molar-refractivity contribution >= 4 is 29.2 Å². The van der Waals surface area contributed by atoms with Gasteiger partial charge in [-0.2, -0.15) is 0 Å². The van der Waals surface area contributed by atoms with Gasteiger partial charge in [-0.1, -0.05) is 41.4 Å². The number of rotatable bonds is 7. The first-order valence-corrected chi connectivity index (χ1v) is 11.7. The van der Waals surface area contributed by atoms with Gasteiger partial charge in [0.15, 0.2) is 11.5 Å². The Morgan fingerprint density at radius 1 is 1.06 bits per heavy atom. The van der Waals surface area contributed by atoms with Gasteiger partial charge < -0.3 is 19.1 Å². The number of carbonyl (C=O) groups excluding carboxylic acids is 2. The molecule has 0 radical (unpaired) electrons. The van der Waals surface area contributed by atoms with E-state index in [0.29, 0.717) is 23.1 Å². The first-order chi connectivity index (χ1) is 16.9.